The highest BCUT2D eigenvalue weighted by atomic mass is 15.3. The summed E-state index contributed by atoms with van der Waals surface area (Å²) in [5.41, 5.74) is 11.2. The van der Waals surface area contributed by atoms with Crippen molar-refractivity contribution in [1.82, 2.24) is 0 Å². The van der Waals surface area contributed by atoms with Gasteiger partial charge in [0.15, 0.2) is 0 Å². The molecule has 0 aromatic heterocycles. The van der Waals surface area contributed by atoms with Crippen LogP contribution in [-0.2, 0) is 0 Å². The second-order valence-electron chi connectivity index (χ2n) is 15.3. The van der Waals surface area contributed by atoms with Crippen LogP contribution in [0, 0.1) is 5.92 Å². The first-order chi connectivity index (χ1) is 27.6. The van der Waals surface area contributed by atoms with Crippen LogP contribution >= 0.6 is 0 Å². The predicted molar refractivity (Wildman–Crippen MR) is 235 cm³/mol. The first-order valence-electron chi connectivity index (χ1n) is 19.7. The number of quaternary nitrogens is 1. The molecule has 10 rings (SSSR count). The number of fused-ring (bicyclic) bond motifs is 4. The molecule has 0 fully saturated rings. The summed E-state index contributed by atoms with van der Waals surface area (Å²) in [6.45, 7) is 2.35. The number of hydrogen-bond acceptors (Lipinski definition) is 1. The average Bonchev–Trinajstić information content (AvgIpc) is 3.26. The number of nitrogens with zero attached hydrogens (tertiary/aromatic N) is 1. The molecule has 0 spiro atoms. The number of rotatable bonds is 6. The summed E-state index contributed by atoms with van der Waals surface area (Å²) < 4.78 is 0. The normalized spacial score (nSPS) is 18.4. The highest BCUT2D eigenvalue weighted by Gasteiger charge is 2.41. The molecule has 268 valence electrons. The van der Waals surface area contributed by atoms with Crippen LogP contribution in [0.3, 0.4) is 0 Å². The lowest BCUT2D eigenvalue weighted by Gasteiger charge is -2.28. The standard InChI is InChI=1S/C53H41N3/c1-35-33-43(36-13-5-3-6-14-36)30-31-45(35)53-55-51(41-17-7-4-8-18-41)54-52(56(53)2)42-26-24-40(25-27-42)50-47-20-12-10-16-38(47)29-32-48(50)44-28-23-39-22-21-37-15-9-11-19-46(37)49(39)34-44/h3-32,34-35,53H,33H2,1-2H3/p+2/t35-,53?/m0/s1. The number of allylic oxidation sites excluding steroid dienone is 3. The molecule has 8 aromatic rings. The SMILES string of the molecule is C[C@H]1CC(c2ccccc2)=CC=C1C1N=C(c2ccccc2)[NH+]=C(c2ccc(-c3c(-c4ccc5ccc6ccccc6c5c4)ccc4ccccc34)cc2)[NH+]1C. The first-order valence-corrected chi connectivity index (χ1v) is 19.7. The highest BCUT2D eigenvalue weighted by molar-refractivity contribution is 6.11. The molecule has 3 atom stereocenters. The van der Waals surface area contributed by atoms with Gasteiger partial charge in [-0.05, 0) is 113 Å². The molecule has 3 nitrogen and oxygen atoms in total. The van der Waals surface area contributed by atoms with E-state index in [9.17, 15) is 0 Å². The second kappa shape index (κ2) is 14.2. The number of likely N-dealkylation sites (N-methyl/N-ethyl adjacent to an activating group) is 1. The van der Waals surface area contributed by atoms with Crippen molar-refractivity contribution in [2.24, 2.45) is 10.9 Å². The Hall–Kier alpha value is -6.68. The summed E-state index contributed by atoms with van der Waals surface area (Å²) in [7, 11) is 2.25. The van der Waals surface area contributed by atoms with Crippen molar-refractivity contribution < 1.29 is 9.89 Å². The van der Waals surface area contributed by atoms with Gasteiger partial charge in [-0.2, -0.15) is 4.99 Å². The van der Waals surface area contributed by atoms with Gasteiger partial charge in [0.1, 0.15) is 0 Å². The fraction of sp³-hybridized carbons (Fsp3) is 0.0943. The topological polar surface area (TPSA) is 30.8 Å². The van der Waals surface area contributed by atoms with Gasteiger partial charge in [0.05, 0.1) is 18.2 Å². The van der Waals surface area contributed by atoms with Crippen LogP contribution in [0.1, 0.15) is 30.0 Å². The summed E-state index contributed by atoms with van der Waals surface area (Å²) in [4.78, 5) is 10.5. The lowest BCUT2D eigenvalue weighted by Crippen LogP contribution is -3.23. The molecule has 0 saturated carbocycles. The summed E-state index contributed by atoms with van der Waals surface area (Å²) in [5.74, 6) is 2.39. The Morgan fingerprint density at radius 1 is 0.518 bits per heavy atom. The molecule has 0 saturated heterocycles. The lowest BCUT2D eigenvalue weighted by molar-refractivity contribution is -0.828. The molecule has 8 aromatic carbocycles. The Morgan fingerprint density at radius 3 is 1.82 bits per heavy atom. The fourth-order valence-electron chi connectivity index (χ4n) is 8.88. The van der Waals surface area contributed by atoms with Gasteiger partial charge in [-0.25, -0.2) is 4.90 Å². The van der Waals surface area contributed by atoms with Crippen molar-refractivity contribution in [3.8, 4) is 22.3 Å². The number of nitrogens with one attached hydrogen (secondary N) is 2. The van der Waals surface area contributed by atoms with Crippen LogP contribution in [0.2, 0.25) is 0 Å². The predicted octanol–water partition coefficient (Wildman–Crippen LogP) is 9.66. The summed E-state index contributed by atoms with van der Waals surface area (Å²) >= 11 is 0. The Balaban J connectivity index is 1.06. The Kier molecular flexibility index (Phi) is 8.58. The van der Waals surface area contributed by atoms with E-state index in [1.807, 2.05) is 0 Å². The number of benzene rings is 8. The van der Waals surface area contributed by atoms with Crippen LogP contribution in [0.5, 0.6) is 0 Å². The van der Waals surface area contributed by atoms with Gasteiger partial charge in [-0.1, -0.05) is 165 Å². The molecule has 0 bridgehead atoms. The zero-order chi connectivity index (χ0) is 37.6. The van der Waals surface area contributed by atoms with E-state index >= 15 is 0 Å². The van der Waals surface area contributed by atoms with Crippen molar-refractivity contribution in [3.05, 3.63) is 210 Å². The average molecular weight is 722 g/mol. The third-order valence-electron chi connectivity index (χ3n) is 11.8. The van der Waals surface area contributed by atoms with Gasteiger partial charge in [-0.15, -0.1) is 0 Å². The Bertz CT molecular complexity index is 2900. The smallest absolute Gasteiger partial charge is 0.225 e. The minimum Gasteiger partial charge on any atom is -0.225 e. The van der Waals surface area contributed by atoms with Crippen molar-refractivity contribution in [1.29, 1.82) is 0 Å². The quantitative estimate of drug-likeness (QED) is 0.160. The third-order valence-corrected chi connectivity index (χ3v) is 11.8. The van der Waals surface area contributed by atoms with E-state index in [2.05, 4.69) is 207 Å². The fourth-order valence-corrected chi connectivity index (χ4v) is 8.88. The van der Waals surface area contributed by atoms with Gasteiger partial charge in [0, 0.05) is 5.57 Å². The van der Waals surface area contributed by atoms with E-state index in [0.29, 0.717) is 5.92 Å². The van der Waals surface area contributed by atoms with Crippen LogP contribution < -0.4 is 9.89 Å². The Labute approximate surface area is 328 Å². The highest BCUT2D eigenvalue weighted by Crippen LogP contribution is 2.40. The number of hydrogen-bond donors (Lipinski definition) is 2. The largest absolute Gasteiger partial charge is 0.334 e. The molecular weight excluding hydrogens is 679 g/mol. The monoisotopic (exact) mass is 721 g/mol. The minimum atomic E-state index is -0.0571. The summed E-state index contributed by atoms with van der Waals surface area (Å²) in [6.07, 6.45) is 5.58. The van der Waals surface area contributed by atoms with Gasteiger partial charge in [0.25, 0.3) is 12.0 Å². The van der Waals surface area contributed by atoms with E-state index < -0.39 is 0 Å². The molecule has 1 heterocycles. The van der Waals surface area contributed by atoms with Crippen molar-refractivity contribution in [3.63, 3.8) is 0 Å². The third kappa shape index (κ3) is 6.07. The van der Waals surface area contributed by atoms with E-state index in [1.54, 1.807) is 0 Å². The molecule has 1 aliphatic heterocycles. The molecule has 2 unspecified atom stereocenters. The van der Waals surface area contributed by atoms with Crippen LogP contribution in [-0.4, -0.2) is 24.9 Å². The molecule has 0 radical (unpaired) electrons. The van der Waals surface area contributed by atoms with Gasteiger partial charge in [-0.3, -0.25) is 0 Å². The van der Waals surface area contributed by atoms with Gasteiger partial charge < -0.3 is 0 Å². The van der Waals surface area contributed by atoms with E-state index in [1.165, 1.54) is 76.2 Å². The lowest BCUT2D eigenvalue weighted by atomic mass is 9.83. The summed E-state index contributed by atoms with van der Waals surface area (Å²) in [6, 6.07) is 63.9. The van der Waals surface area contributed by atoms with Crippen molar-refractivity contribution >= 4 is 49.6 Å². The number of amidine groups is 2. The first kappa shape index (κ1) is 33.9. The van der Waals surface area contributed by atoms with E-state index in [0.717, 1.165) is 29.2 Å². The maximum absolute atomic E-state index is 5.42. The minimum absolute atomic E-state index is 0.0571. The maximum Gasteiger partial charge on any atom is 0.334 e. The zero-order valence-corrected chi connectivity index (χ0v) is 31.7. The van der Waals surface area contributed by atoms with Crippen molar-refractivity contribution in [2.75, 3.05) is 7.05 Å². The van der Waals surface area contributed by atoms with Gasteiger partial charge >= 0.3 is 5.84 Å². The van der Waals surface area contributed by atoms with Gasteiger partial charge in [0.2, 0.25) is 0 Å². The molecule has 1 aliphatic carbocycles. The zero-order valence-electron chi connectivity index (χ0n) is 31.7. The van der Waals surface area contributed by atoms with Crippen LogP contribution in [0.15, 0.2) is 199 Å². The van der Waals surface area contributed by atoms with E-state index in [4.69, 9.17) is 4.99 Å². The molecule has 56 heavy (non-hydrogen) atoms. The maximum atomic E-state index is 5.42. The molecule has 0 amide bonds. The molecule has 2 N–H and O–H groups in total. The number of aliphatic imine (C=N–C) groups is 1. The molecule has 3 heteroatoms. The Morgan fingerprint density at radius 2 is 1.09 bits per heavy atom. The van der Waals surface area contributed by atoms with E-state index in [-0.39, 0.29) is 6.17 Å². The molecule has 2 aliphatic rings. The van der Waals surface area contributed by atoms with Crippen molar-refractivity contribution in [2.45, 2.75) is 19.5 Å². The van der Waals surface area contributed by atoms with Crippen LogP contribution in [0.4, 0.5) is 0 Å². The van der Waals surface area contributed by atoms with Crippen LogP contribution in [0.25, 0.3) is 60.1 Å². The molecular formula is C53H43N3+2. The summed E-state index contributed by atoms with van der Waals surface area (Å²) in [5, 5.41) is 7.57. The second-order valence-corrected chi connectivity index (χ2v) is 15.3.